The molecule has 0 aromatic carbocycles. The number of amides is 1. The molecule has 2 nitrogen and oxygen atoms in total. The molecule has 0 aliphatic carbocycles. The van der Waals surface area contributed by atoms with Gasteiger partial charge < -0.3 is 4.90 Å². The van der Waals surface area contributed by atoms with E-state index in [0.29, 0.717) is 6.42 Å². The van der Waals surface area contributed by atoms with Crippen molar-refractivity contribution in [3.8, 4) is 0 Å². The van der Waals surface area contributed by atoms with Gasteiger partial charge in [0.1, 0.15) is 0 Å². The number of nitrogens with zero attached hydrogens (tertiary/aromatic N) is 1. The molecule has 2 heteroatoms. The predicted molar refractivity (Wildman–Crippen MR) is 40.4 cm³/mol. The quantitative estimate of drug-likeness (QED) is 0.539. The smallest absolute Gasteiger partial charge is 0.226 e. The normalized spacial score (nSPS) is 22.8. The van der Waals surface area contributed by atoms with Crippen LogP contribution in [-0.2, 0) is 4.79 Å². The molecule has 0 saturated carbocycles. The van der Waals surface area contributed by atoms with E-state index in [2.05, 4.69) is 13.0 Å². The average molecular weight is 139 g/mol. The number of rotatable bonds is 1. The maximum atomic E-state index is 10.9. The molecule has 0 radical (unpaired) electrons. The summed E-state index contributed by atoms with van der Waals surface area (Å²) in [5.74, 6) is 0.250. The van der Waals surface area contributed by atoms with E-state index >= 15 is 0 Å². The second-order valence-electron chi connectivity index (χ2n) is 2.56. The fraction of sp³-hybridized carbons (Fsp3) is 0.625. The lowest BCUT2D eigenvalue weighted by Gasteiger charge is -2.09. The number of carbonyl (C=O) groups is 1. The lowest BCUT2D eigenvalue weighted by Crippen LogP contribution is -2.16. The van der Waals surface area contributed by atoms with Gasteiger partial charge in [-0.1, -0.05) is 13.0 Å². The predicted octanol–water partition coefficient (Wildman–Crippen LogP) is 1.53. The van der Waals surface area contributed by atoms with Crippen LogP contribution in [0.5, 0.6) is 0 Å². The van der Waals surface area contributed by atoms with Gasteiger partial charge in [0.05, 0.1) is 0 Å². The highest BCUT2D eigenvalue weighted by atomic mass is 16.2. The van der Waals surface area contributed by atoms with E-state index in [-0.39, 0.29) is 5.91 Å². The molecule has 1 heterocycles. The number of allylic oxidation sites excluding steroid dienone is 2. The zero-order valence-corrected chi connectivity index (χ0v) is 6.55. The minimum absolute atomic E-state index is 0.250. The molecule has 0 aromatic rings. The van der Waals surface area contributed by atoms with Crippen molar-refractivity contribution in [2.75, 3.05) is 7.05 Å². The fourth-order valence-corrected chi connectivity index (χ4v) is 1.21. The number of likely N-dealkylation sites (tertiary alicyclic amines) is 1. The van der Waals surface area contributed by atoms with Gasteiger partial charge in [0, 0.05) is 19.2 Å². The summed E-state index contributed by atoms with van der Waals surface area (Å²) < 4.78 is 0. The third-order valence-corrected chi connectivity index (χ3v) is 1.84. The maximum absolute atomic E-state index is 10.9. The SMILES string of the molecule is CC/C=C1/CCC(=O)N1C. The van der Waals surface area contributed by atoms with Gasteiger partial charge in [-0.05, 0) is 12.8 Å². The van der Waals surface area contributed by atoms with Crippen molar-refractivity contribution in [1.82, 2.24) is 4.90 Å². The molecule has 1 saturated heterocycles. The van der Waals surface area contributed by atoms with Crippen molar-refractivity contribution >= 4 is 5.91 Å². The van der Waals surface area contributed by atoms with Gasteiger partial charge in [-0.15, -0.1) is 0 Å². The highest BCUT2D eigenvalue weighted by molar-refractivity contribution is 5.80. The zero-order chi connectivity index (χ0) is 7.56. The van der Waals surface area contributed by atoms with E-state index in [9.17, 15) is 4.79 Å². The second kappa shape index (κ2) is 2.86. The van der Waals surface area contributed by atoms with Crippen LogP contribution in [0.25, 0.3) is 0 Å². The summed E-state index contributed by atoms with van der Waals surface area (Å²) in [6, 6.07) is 0. The first-order valence-electron chi connectivity index (χ1n) is 3.71. The third kappa shape index (κ3) is 1.20. The Morgan fingerprint density at radius 3 is 2.70 bits per heavy atom. The van der Waals surface area contributed by atoms with Crippen LogP contribution in [0.15, 0.2) is 11.8 Å². The van der Waals surface area contributed by atoms with Crippen molar-refractivity contribution in [3.05, 3.63) is 11.8 Å². The van der Waals surface area contributed by atoms with Gasteiger partial charge in [-0.25, -0.2) is 0 Å². The second-order valence-corrected chi connectivity index (χ2v) is 2.56. The van der Waals surface area contributed by atoms with Crippen molar-refractivity contribution in [1.29, 1.82) is 0 Å². The first kappa shape index (κ1) is 7.32. The first-order valence-corrected chi connectivity index (χ1v) is 3.71. The molecule has 10 heavy (non-hydrogen) atoms. The molecule has 0 N–H and O–H groups in total. The van der Waals surface area contributed by atoms with Gasteiger partial charge >= 0.3 is 0 Å². The van der Waals surface area contributed by atoms with Crippen LogP contribution < -0.4 is 0 Å². The number of hydrogen-bond donors (Lipinski definition) is 0. The lowest BCUT2D eigenvalue weighted by molar-refractivity contribution is -0.125. The Balaban J connectivity index is 2.65. The molecule has 1 fully saturated rings. The van der Waals surface area contributed by atoms with Crippen molar-refractivity contribution in [2.24, 2.45) is 0 Å². The van der Waals surface area contributed by atoms with Crippen LogP contribution in [0.1, 0.15) is 26.2 Å². The summed E-state index contributed by atoms with van der Waals surface area (Å²) in [7, 11) is 1.84. The van der Waals surface area contributed by atoms with E-state index < -0.39 is 0 Å². The van der Waals surface area contributed by atoms with Crippen LogP contribution in [0, 0.1) is 0 Å². The summed E-state index contributed by atoms with van der Waals surface area (Å²) >= 11 is 0. The largest absolute Gasteiger partial charge is 0.320 e. The van der Waals surface area contributed by atoms with Gasteiger partial charge in [0.25, 0.3) is 0 Å². The Morgan fingerprint density at radius 1 is 1.60 bits per heavy atom. The Morgan fingerprint density at radius 2 is 2.30 bits per heavy atom. The van der Waals surface area contributed by atoms with E-state index in [1.807, 2.05) is 7.05 Å². The summed E-state index contributed by atoms with van der Waals surface area (Å²) in [5.41, 5.74) is 1.19. The minimum atomic E-state index is 0.250. The van der Waals surface area contributed by atoms with Gasteiger partial charge in [0.15, 0.2) is 0 Å². The number of hydrogen-bond acceptors (Lipinski definition) is 1. The minimum Gasteiger partial charge on any atom is -0.320 e. The van der Waals surface area contributed by atoms with Crippen molar-refractivity contribution in [3.63, 3.8) is 0 Å². The van der Waals surface area contributed by atoms with Crippen molar-refractivity contribution < 1.29 is 4.79 Å². The zero-order valence-electron chi connectivity index (χ0n) is 6.55. The Bertz CT molecular complexity index is 172. The van der Waals surface area contributed by atoms with Crippen LogP contribution in [0.4, 0.5) is 0 Å². The summed E-state index contributed by atoms with van der Waals surface area (Å²) in [6.45, 7) is 2.09. The molecule has 0 aromatic heterocycles. The molecule has 56 valence electrons. The third-order valence-electron chi connectivity index (χ3n) is 1.84. The summed E-state index contributed by atoms with van der Waals surface area (Å²) in [4.78, 5) is 12.7. The Labute approximate surface area is 61.5 Å². The van der Waals surface area contributed by atoms with Crippen LogP contribution in [-0.4, -0.2) is 17.9 Å². The summed E-state index contributed by atoms with van der Waals surface area (Å²) in [6.07, 6.45) is 4.77. The molecular formula is C8H13NO. The molecule has 1 aliphatic rings. The van der Waals surface area contributed by atoms with Gasteiger partial charge in [-0.2, -0.15) is 0 Å². The van der Waals surface area contributed by atoms with E-state index in [4.69, 9.17) is 0 Å². The number of carbonyl (C=O) groups excluding carboxylic acids is 1. The molecule has 0 spiro atoms. The van der Waals surface area contributed by atoms with Crippen LogP contribution in [0.2, 0.25) is 0 Å². The highest BCUT2D eigenvalue weighted by Gasteiger charge is 2.20. The van der Waals surface area contributed by atoms with Crippen LogP contribution in [0.3, 0.4) is 0 Å². The molecule has 0 unspecified atom stereocenters. The first-order chi connectivity index (χ1) is 4.75. The molecule has 1 amide bonds. The molecule has 1 rings (SSSR count). The van der Waals surface area contributed by atoms with Crippen molar-refractivity contribution in [2.45, 2.75) is 26.2 Å². The Kier molecular flexibility index (Phi) is 2.10. The van der Waals surface area contributed by atoms with E-state index in [0.717, 1.165) is 12.8 Å². The summed E-state index contributed by atoms with van der Waals surface area (Å²) in [5, 5.41) is 0. The van der Waals surface area contributed by atoms with Gasteiger partial charge in [0.2, 0.25) is 5.91 Å². The molecule has 1 aliphatic heterocycles. The lowest BCUT2D eigenvalue weighted by atomic mass is 10.3. The van der Waals surface area contributed by atoms with Crippen LogP contribution >= 0.6 is 0 Å². The van der Waals surface area contributed by atoms with E-state index in [1.165, 1.54) is 5.70 Å². The molecule has 0 atom stereocenters. The topological polar surface area (TPSA) is 20.3 Å². The Hall–Kier alpha value is -0.790. The van der Waals surface area contributed by atoms with E-state index in [1.54, 1.807) is 4.90 Å². The highest BCUT2D eigenvalue weighted by Crippen LogP contribution is 2.19. The monoisotopic (exact) mass is 139 g/mol. The maximum Gasteiger partial charge on any atom is 0.226 e. The molecular weight excluding hydrogens is 126 g/mol. The standard InChI is InChI=1S/C8H13NO/c1-3-4-7-5-6-8(10)9(7)2/h4H,3,5-6H2,1-2H3/b7-4-. The molecule has 0 bridgehead atoms. The average Bonchev–Trinajstić information content (AvgIpc) is 2.20. The fourth-order valence-electron chi connectivity index (χ4n) is 1.21. The van der Waals surface area contributed by atoms with Gasteiger partial charge in [-0.3, -0.25) is 4.79 Å².